The van der Waals surface area contributed by atoms with E-state index in [1.165, 1.54) is 25.3 Å². The van der Waals surface area contributed by atoms with E-state index in [4.69, 9.17) is 11.6 Å². The molecule has 1 saturated carbocycles. The molecule has 0 spiro atoms. The summed E-state index contributed by atoms with van der Waals surface area (Å²) >= 11 is 9.06. The van der Waals surface area contributed by atoms with Gasteiger partial charge in [0.15, 0.2) is 0 Å². The van der Waals surface area contributed by atoms with Gasteiger partial charge in [-0.15, -0.1) is 11.6 Å². The molecule has 94 valence electrons. The van der Waals surface area contributed by atoms with E-state index in [9.17, 15) is 4.39 Å². The van der Waals surface area contributed by atoms with Crippen molar-refractivity contribution >= 4 is 27.5 Å². The minimum atomic E-state index is -0.207. The van der Waals surface area contributed by atoms with Gasteiger partial charge in [-0.05, 0) is 46.5 Å². The molecule has 4 heteroatoms. The van der Waals surface area contributed by atoms with Gasteiger partial charge < -0.3 is 0 Å². The second-order valence-electron chi connectivity index (χ2n) is 4.49. The maximum atomic E-state index is 13.1. The van der Waals surface area contributed by atoms with Crippen LogP contribution < -0.4 is 0 Å². The van der Waals surface area contributed by atoms with Crippen molar-refractivity contribution in [2.45, 2.75) is 31.8 Å². The van der Waals surface area contributed by atoms with E-state index >= 15 is 0 Å². The van der Waals surface area contributed by atoms with Crippen LogP contribution in [0.25, 0.3) is 0 Å². The Balaban J connectivity index is 2.02. The van der Waals surface area contributed by atoms with E-state index in [2.05, 4.69) is 20.8 Å². The molecule has 0 bridgehead atoms. The van der Waals surface area contributed by atoms with Gasteiger partial charge in [0.2, 0.25) is 0 Å². The van der Waals surface area contributed by atoms with Crippen LogP contribution in [0.5, 0.6) is 0 Å². The predicted octanol–water partition coefficient (Wildman–Crippen LogP) is 4.18. The zero-order valence-electron chi connectivity index (χ0n) is 9.63. The molecule has 0 unspecified atom stereocenters. The van der Waals surface area contributed by atoms with E-state index < -0.39 is 0 Å². The fourth-order valence-electron chi connectivity index (χ4n) is 2.12. The lowest BCUT2D eigenvalue weighted by Crippen LogP contribution is -2.40. The molecule has 0 heterocycles. The van der Waals surface area contributed by atoms with E-state index in [0.717, 1.165) is 18.7 Å². The standard InChI is InChI=1S/C13H16BrClFN/c14-12-8-10(4-5-13(12)16)9-17(7-6-15)11-2-1-3-11/h4-5,8,11H,1-3,6-7,9H2. The second-order valence-corrected chi connectivity index (χ2v) is 5.72. The van der Waals surface area contributed by atoms with Gasteiger partial charge in [-0.1, -0.05) is 12.5 Å². The molecule has 1 aliphatic rings. The minimum absolute atomic E-state index is 0.207. The Bertz CT molecular complexity index is 382. The third kappa shape index (κ3) is 3.43. The monoisotopic (exact) mass is 319 g/mol. The molecule has 0 radical (unpaired) electrons. The molecule has 0 aliphatic heterocycles. The highest BCUT2D eigenvalue weighted by atomic mass is 79.9. The molecule has 0 saturated heterocycles. The van der Waals surface area contributed by atoms with Crippen molar-refractivity contribution < 1.29 is 4.39 Å². The first-order valence-corrected chi connectivity index (χ1v) is 7.27. The summed E-state index contributed by atoms with van der Waals surface area (Å²) < 4.78 is 13.7. The average Bonchev–Trinajstić information content (AvgIpc) is 2.21. The molecule has 0 atom stereocenters. The summed E-state index contributed by atoms with van der Waals surface area (Å²) in [5, 5.41) is 0. The normalized spacial score (nSPS) is 16.2. The lowest BCUT2D eigenvalue weighted by Gasteiger charge is -2.37. The van der Waals surface area contributed by atoms with E-state index in [1.54, 1.807) is 0 Å². The molecule has 0 aromatic heterocycles. The summed E-state index contributed by atoms with van der Waals surface area (Å²) in [5.41, 5.74) is 1.13. The molecule has 1 fully saturated rings. The maximum absolute atomic E-state index is 13.1. The topological polar surface area (TPSA) is 3.24 Å². The molecule has 1 aromatic rings. The van der Waals surface area contributed by atoms with Gasteiger partial charge in [0, 0.05) is 25.0 Å². The summed E-state index contributed by atoms with van der Waals surface area (Å²) in [5.74, 6) is 0.445. The number of nitrogens with zero attached hydrogens (tertiary/aromatic N) is 1. The van der Waals surface area contributed by atoms with Gasteiger partial charge in [0.25, 0.3) is 0 Å². The van der Waals surface area contributed by atoms with Crippen LogP contribution in [0.15, 0.2) is 22.7 Å². The first-order chi connectivity index (χ1) is 8.20. The van der Waals surface area contributed by atoms with Gasteiger partial charge in [0.1, 0.15) is 5.82 Å². The van der Waals surface area contributed by atoms with E-state index in [-0.39, 0.29) is 5.82 Å². The molecule has 1 aliphatic carbocycles. The second kappa shape index (κ2) is 6.17. The zero-order valence-corrected chi connectivity index (χ0v) is 12.0. The van der Waals surface area contributed by atoms with Crippen LogP contribution in [-0.2, 0) is 6.54 Å². The van der Waals surface area contributed by atoms with Gasteiger partial charge >= 0.3 is 0 Å². The van der Waals surface area contributed by atoms with Gasteiger partial charge in [-0.2, -0.15) is 0 Å². The maximum Gasteiger partial charge on any atom is 0.137 e. The Morgan fingerprint density at radius 3 is 2.71 bits per heavy atom. The molecular formula is C13H16BrClFN. The lowest BCUT2D eigenvalue weighted by atomic mass is 9.91. The zero-order chi connectivity index (χ0) is 12.3. The quantitative estimate of drug-likeness (QED) is 0.736. The summed E-state index contributed by atoms with van der Waals surface area (Å²) in [7, 11) is 0. The highest BCUT2D eigenvalue weighted by Gasteiger charge is 2.24. The predicted molar refractivity (Wildman–Crippen MR) is 72.9 cm³/mol. The molecule has 1 nitrogen and oxygen atoms in total. The number of hydrogen-bond donors (Lipinski definition) is 0. The smallest absolute Gasteiger partial charge is 0.137 e. The van der Waals surface area contributed by atoms with Gasteiger partial charge in [-0.3, -0.25) is 4.90 Å². The Morgan fingerprint density at radius 2 is 2.18 bits per heavy atom. The van der Waals surface area contributed by atoms with Crippen LogP contribution in [0.4, 0.5) is 4.39 Å². The Morgan fingerprint density at radius 1 is 1.41 bits per heavy atom. The van der Waals surface area contributed by atoms with Gasteiger partial charge in [-0.25, -0.2) is 4.39 Å². The molecule has 0 N–H and O–H groups in total. The SMILES string of the molecule is Fc1ccc(CN(CCCl)C2CCC2)cc1Br. The molecule has 1 aromatic carbocycles. The Hall–Kier alpha value is -0.120. The van der Waals surface area contributed by atoms with Gasteiger partial charge in [0.05, 0.1) is 4.47 Å². The molecule has 0 amide bonds. The van der Waals surface area contributed by atoms with Crippen LogP contribution in [-0.4, -0.2) is 23.4 Å². The minimum Gasteiger partial charge on any atom is -0.295 e. The summed E-state index contributed by atoms with van der Waals surface area (Å²) in [6.45, 7) is 1.76. The molecule has 17 heavy (non-hydrogen) atoms. The summed E-state index contributed by atoms with van der Waals surface area (Å²) in [6, 6.07) is 5.88. The fraction of sp³-hybridized carbons (Fsp3) is 0.538. The number of alkyl halides is 1. The lowest BCUT2D eigenvalue weighted by molar-refractivity contribution is 0.127. The van der Waals surface area contributed by atoms with Crippen molar-refractivity contribution in [3.05, 3.63) is 34.1 Å². The van der Waals surface area contributed by atoms with Crippen molar-refractivity contribution in [3.63, 3.8) is 0 Å². The van der Waals surface area contributed by atoms with Crippen molar-refractivity contribution in [3.8, 4) is 0 Å². The molecule has 2 rings (SSSR count). The Kier molecular flexibility index (Phi) is 4.83. The highest BCUT2D eigenvalue weighted by Crippen LogP contribution is 2.27. The van der Waals surface area contributed by atoms with Crippen molar-refractivity contribution in [1.29, 1.82) is 0 Å². The van der Waals surface area contributed by atoms with Crippen molar-refractivity contribution in [2.24, 2.45) is 0 Å². The highest BCUT2D eigenvalue weighted by molar-refractivity contribution is 9.10. The summed E-state index contributed by atoms with van der Waals surface area (Å²) in [4.78, 5) is 2.40. The largest absolute Gasteiger partial charge is 0.295 e. The third-order valence-electron chi connectivity index (χ3n) is 3.33. The fourth-order valence-corrected chi connectivity index (χ4v) is 2.77. The first kappa shape index (κ1) is 13.3. The van der Waals surface area contributed by atoms with Crippen LogP contribution >= 0.6 is 27.5 Å². The number of hydrogen-bond acceptors (Lipinski definition) is 1. The molecular weight excluding hydrogens is 305 g/mol. The summed E-state index contributed by atoms with van der Waals surface area (Å²) in [6.07, 6.45) is 3.84. The first-order valence-electron chi connectivity index (χ1n) is 5.94. The van der Waals surface area contributed by atoms with Crippen molar-refractivity contribution in [2.75, 3.05) is 12.4 Å². The number of halogens is 3. The third-order valence-corrected chi connectivity index (χ3v) is 4.11. The van der Waals surface area contributed by atoms with Crippen LogP contribution in [0, 0.1) is 5.82 Å². The number of rotatable bonds is 5. The Labute approximate surface area is 115 Å². The number of benzene rings is 1. The van der Waals surface area contributed by atoms with Crippen LogP contribution in [0.3, 0.4) is 0 Å². The van der Waals surface area contributed by atoms with Crippen molar-refractivity contribution in [1.82, 2.24) is 4.90 Å². The van der Waals surface area contributed by atoms with E-state index in [0.29, 0.717) is 16.4 Å². The van der Waals surface area contributed by atoms with Crippen LogP contribution in [0.1, 0.15) is 24.8 Å². The average molecular weight is 321 g/mol. The van der Waals surface area contributed by atoms with E-state index in [1.807, 2.05) is 12.1 Å². The van der Waals surface area contributed by atoms with Crippen LogP contribution in [0.2, 0.25) is 0 Å².